The second-order valence-electron chi connectivity index (χ2n) is 8.97. The van der Waals surface area contributed by atoms with Gasteiger partial charge in [0.1, 0.15) is 0 Å². The van der Waals surface area contributed by atoms with E-state index in [1.807, 2.05) is 54.6 Å². The van der Waals surface area contributed by atoms with E-state index in [9.17, 15) is 5.11 Å². The van der Waals surface area contributed by atoms with E-state index in [0.717, 1.165) is 18.4 Å². The Hall–Kier alpha value is -1.11. The molecule has 0 amide bonds. The summed E-state index contributed by atoms with van der Waals surface area (Å²) in [6, 6.07) is 10.0. The molecule has 0 aromatic heterocycles. The third-order valence-electron chi connectivity index (χ3n) is 6.05. The van der Waals surface area contributed by atoms with Crippen LogP contribution in [-0.4, -0.2) is 0 Å². The number of rotatable bonds is 18. The monoisotopic (exact) mass is 480 g/mol. The average Bonchev–Trinajstić information content (AvgIpc) is 3.52. The standard InChI is InChI=1S/C25H44O.C5H5.Fe/c1-2-3-4-5-6-7-8-9-10-11-12-13-14-15-16-17-18-23-25(26)24-21-19-20-22-24;1-2-4-5-3-1;/h19-22,26H,2-18,23H2,1H3;1-5H;/q;-1;+2/p-1. The van der Waals surface area contributed by atoms with E-state index < -0.39 is 0 Å². The maximum absolute atomic E-state index is 11.9. The van der Waals surface area contributed by atoms with Gasteiger partial charge in [0.05, 0.1) is 0 Å². The second kappa shape index (κ2) is 24.5. The number of allylic oxidation sites excluding steroid dienone is 6. The molecular formula is C30H48FeO. The van der Waals surface area contributed by atoms with Gasteiger partial charge in [-0.3, -0.25) is 0 Å². The van der Waals surface area contributed by atoms with E-state index in [0.29, 0.717) is 5.76 Å². The summed E-state index contributed by atoms with van der Waals surface area (Å²) in [6.07, 6.45) is 32.0. The summed E-state index contributed by atoms with van der Waals surface area (Å²) in [5.41, 5.74) is 0.890. The Morgan fingerprint density at radius 3 is 1.34 bits per heavy atom. The number of unbranched alkanes of at least 4 members (excludes halogenated alkanes) is 16. The van der Waals surface area contributed by atoms with Crippen LogP contribution >= 0.6 is 0 Å². The summed E-state index contributed by atoms with van der Waals surface area (Å²) >= 11 is 0. The van der Waals surface area contributed by atoms with Gasteiger partial charge in [0.2, 0.25) is 0 Å². The minimum atomic E-state index is 0. The Bertz CT molecular complexity index is 536. The van der Waals surface area contributed by atoms with Crippen LogP contribution in [0.4, 0.5) is 0 Å². The van der Waals surface area contributed by atoms with Crippen LogP contribution in [0, 0.1) is 0 Å². The van der Waals surface area contributed by atoms with E-state index >= 15 is 0 Å². The fourth-order valence-electron chi connectivity index (χ4n) is 4.04. The Kier molecular flexibility index (Phi) is 23.7. The van der Waals surface area contributed by atoms with Crippen molar-refractivity contribution in [2.75, 3.05) is 0 Å². The van der Waals surface area contributed by atoms with Gasteiger partial charge >= 0.3 is 17.1 Å². The molecular weight excluding hydrogens is 432 g/mol. The fourth-order valence-corrected chi connectivity index (χ4v) is 4.04. The maximum atomic E-state index is 11.9. The first-order valence-electron chi connectivity index (χ1n) is 13.3. The summed E-state index contributed by atoms with van der Waals surface area (Å²) in [5, 5.41) is 11.9. The van der Waals surface area contributed by atoms with E-state index in [1.165, 1.54) is 103 Å². The number of hydrogen-bond acceptors (Lipinski definition) is 1. The van der Waals surface area contributed by atoms with E-state index in [-0.39, 0.29) is 17.1 Å². The van der Waals surface area contributed by atoms with Crippen molar-refractivity contribution in [2.24, 2.45) is 0 Å². The van der Waals surface area contributed by atoms with Crippen molar-refractivity contribution in [1.29, 1.82) is 0 Å². The van der Waals surface area contributed by atoms with Crippen LogP contribution in [0.1, 0.15) is 122 Å². The molecule has 0 spiro atoms. The predicted molar refractivity (Wildman–Crippen MR) is 136 cm³/mol. The number of hydrogen-bond donors (Lipinski definition) is 0. The Morgan fingerprint density at radius 1 is 0.625 bits per heavy atom. The zero-order valence-corrected chi connectivity index (χ0v) is 21.8. The molecule has 1 aliphatic rings. The van der Waals surface area contributed by atoms with Crippen LogP contribution in [0.3, 0.4) is 0 Å². The molecule has 1 aromatic rings. The Labute approximate surface area is 210 Å². The summed E-state index contributed by atoms with van der Waals surface area (Å²) in [4.78, 5) is 0. The van der Waals surface area contributed by atoms with Gasteiger partial charge in [0.15, 0.2) is 0 Å². The van der Waals surface area contributed by atoms with Crippen molar-refractivity contribution in [1.82, 2.24) is 0 Å². The Balaban J connectivity index is 0.00000140. The zero-order valence-electron chi connectivity index (χ0n) is 20.7. The Morgan fingerprint density at radius 2 is 1.00 bits per heavy atom. The van der Waals surface area contributed by atoms with E-state index in [4.69, 9.17) is 0 Å². The van der Waals surface area contributed by atoms with Crippen LogP contribution in [-0.2, 0) is 17.1 Å². The molecule has 0 atom stereocenters. The molecule has 1 aliphatic carbocycles. The molecule has 2 rings (SSSR count). The summed E-state index contributed by atoms with van der Waals surface area (Å²) < 4.78 is 0. The van der Waals surface area contributed by atoms with Crippen LogP contribution in [0.2, 0.25) is 0 Å². The normalized spacial score (nSPS) is 11.8. The van der Waals surface area contributed by atoms with Crippen molar-refractivity contribution >= 4 is 0 Å². The molecule has 32 heavy (non-hydrogen) atoms. The molecule has 0 bridgehead atoms. The molecule has 0 saturated carbocycles. The minimum Gasteiger partial charge on any atom is -0.875 e. The van der Waals surface area contributed by atoms with Crippen molar-refractivity contribution in [3.63, 3.8) is 0 Å². The quantitative estimate of drug-likeness (QED) is 0.0889. The molecule has 0 N–H and O–H groups in total. The molecule has 0 heterocycles. The minimum absolute atomic E-state index is 0. The molecule has 0 saturated heterocycles. The van der Waals surface area contributed by atoms with Gasteiger partial charge in [-0.25, -0.2) is 12.1 Å². The van der Waals surface area contributed by atoms with Gasteiger partial charge in [-0.1, -0.05) is 140 Å². The molecule has 0 fully saturated rings. The third-order valence-corrected chi connectivity index (χ3v) is 6.05. The van der Waals surface area contributed by atoms with Gasteiger partial charge in [0.25, 0.3) is 0 Å². The van der Waals surface area contributed by atoms with E-state index in [1.54, 1.807) is 0 Å². The molecule has 0 aliphatic heterocycles. The zero-order chi connectivity index (χ0) is 22.2. The fraction of sp³-hybridized carbons (Fsp3) is 0.633. The molecule has 1 nitrogen and oxygen atoms in total. The molecule has 0 radical (unpaired) electrons. The van der Waals surface area contributed by atoms with Crippen LogP contribution < -0.4 is 5.11 Å². The van der Waals surface area contributed by atoms with Crippen molar-refractivity contribution in [3.05, 3.63) is 66.0 Å². The molecule has 2 heteroatoms. The van der Waals surface area contributed by atoms with Gasteiger partial charge < -0.3 is 5.11 Å². The topological polar surface area (TPSA) is 23.1 Å². The first-order chi connectivity index (χ1) is 15.3. The summed E-state index contributed by atoms with van der Waals surface area (Å²) in [5.74, 6) is 0.316. The van der Waals surface area contributed by atoms with Crippen molar-refractivity contribution in [3.8, 4) is 0 Å². The smallest absolute Gasteiger partial charge is 0.875 e. The predicted octanol–water partition coefficient (Wildman–Crippen LogP) is 9.17. The van der Waals surface area contributed by atoms with Crippen molar-refractivity contribution in [2.45, 2.75) is 122 Å². The van der Waals surface area contributed by atoms with Crippen molar-refractivity contribution < 1.29 is 22.2 Å². The molecule has 182 valence electrons. The van der Waals surface area contributed by atoms with Gasteiger partial charge in [-0.2, -0.15) is 18.2 Å². The second-order valence-corrected chi connectivity index (χ2v) is 8.97. The average molecular weight is 481 g/mol. The van der Waals surface area contributed by atoms with E-state index in [2.05, 4.69) is 6.92 Å². The van der Waals surface area contributed by atoms with Gasteiger partial charge in [0, 0.05) is 0 Å². The SMILES string of the molecule is CCCCCCCCCCCCCCCCCCCC([O-])=C1C=CC=C1.[Fe+2].c1cc[cH-]c1. The van der Waals surface area contributed by atoms with Crippen LogP contribution in [0.25, 0.3) is 0 Å². The summed E-state index contributed by atoms with van der Waals surface area (Å²) in [6.45, 7) is 2.29. The first-order valence-corrected chi connectivity index (χ1v) is 13.3. The van der Waals surface area contributed by atoms with Crippen LogP contribution in [0.15, 0.2) is 66.0 Å². The summed E-state index contributed by atoms with van der Waals surface area (Å²) in [7, 11) is 0. The van der Waals surface area contributed by atoms with Crippen LogP contribution in [0.5, 0.6) is 0 Å². The maximum Gasteiger partial charge on any atom is 2.00 e. The molecule has 0 unspecified atom stereocenters. The first kappa shape index (κ1) is 30.9. The largest absolute Gasteiger partial charge is 2.00 e. The third kappa shape index (κ3) is 19.6. The molecule has 1 aromatic carbocycles. The van der Waals surface area contributed by atoms with Gasteiger partial charge in [-0.05, 0) is 12.0 Å². The van der Waals surface area contributed by atoms with Gasteiger partial charge in [-0.15, -0.1) is 5.76 Å².